The highest BCUT2D eigenvalue weighted by atomic mass is 32.3. The van der Waals surface area contributed by atoms with Gasteiger partial charge in [0.2, 0.25) is 0 Å². The third-order valence-corrected chi connectivity index (χ3v) is 4.84. The number of halogens is 2. The van der Waals surface area contributed by atoms with Gasteiger partial charge >= 0.3 is 0 Å². The van der Waals surface area contributed by atoms with E-state index in [0.29, 0.717) is 11.3 Å². The van der Waals surface area contributed by atoms with Gasteiger partial charge in [-0.3, -0.25) is 14.1 Å². The molecule has 94 valence electrons. The van der Waals surface area contributed by atoms with Crippen molar-refractivity contribution in [3.8, 4) is 0 Å². The molecule has 0 saturated carbocycles. The summed E-state index contributed by atoms with van der Waals surface area (Å²) in [5, 5.41) is 0.281. The Labute approximate surface area is 95.6 Å². The zero-order valence-corrected chi connectivity index (χ0v) is 10.2. The minimum absolute atomic E-state index is 0.0222. The first-order chi connectivity index (χ1) is 7.33. The van der Waals surface area contributed by atoms with Gasteiger partial charge in [0.05, 0.1) is 0 Å². The number of rotatable bonds is 2. The van der Waals surface area contributed by atoms with Crippen LogP contribution < -0.4 is 0 Å². The molecular weight excluding hydrogens is 236 g/mol. The Bertz CT molecular complexity index is 327. The second-order valence-corrected chi connectivity index (χ2v) is 5.84. The second kappa shape index (κ2) is 4.81. The van der Waals surface area contributed by atoms with Crippen LogP contribution in [0.15, 0.2) is 16.0 Å². The minimum Gasteiger partial charge on any atom is -0.290 e. The van der Waals surface area contributed by atoms with Crippen LogP contribution in [0.5, 0.6) is 0 Å². The summed E-state index contributed by atoms with van der Waals surface area (Å²) >= 11 is 0. The maximum absolute atomic E-state index is 12.9. The zero-order chi connectivity index (χ0) is 12.4. The van der Waals surface area contributed by atoms with E-state index in [1.54, 1.807) is 6.92 Å². The summed E-state index contributed by atoms with van der Waals surface area (Å²) in [4.78, 5) is 4.12. The molecule has 0 bridgehead atoms. The van der Waals surface area contributed by atoms with Crippen molar-refractivity contribution in [3.05, 3.63) is 11.0 Å². The predicted molar refractivity (Wildman–Crippen MR) is 63.4 cm³/mol. The molecule has 0 fully saturated rings. The summed E-state index contributed by atoms with van der Waals surface area (Å²) in [6.07, 6.45) is 0.939. The lowest BCUT2D eigenvalue weighted by Crippen LogP contribution is -2.22. The Morgan fingerprint density at radius 2 is 2.19 bits per heavy atom. The van der Waals surface area contributed by atoms with E-state index in [4.69, 9.17) is 0 Å². The number of allylic oxidation sites excluding steroid dienone is 2. The summed E-state index contributed by atoms with van der Waals surface area (Å²) in [7, 11) is -1.62. The number of aliphatic imine (C=N–C) groups is 1. The van der Waals surface area contributed by atoms with Gasteiger partial charge in [0.25, 0.3) is 5.92 Å². The van der Waals surface area contributed by atoms with Gasteiger partial charge in [-0.15, -0.1) is 10.6 Å². The molecule has 0 heterocycles. The van der Waals surface area contributed by atoms with Crippen molar-refractivity contribution in [2.45, 2.75) is 38.5 Å². The fourth-order valence-corrected chi connectivity index (χ4v) is 3.33. The van der Waals surface area contributed by atoms with Gasteiger partial charge in [0.15, 0.2) is 0 Å². The number of hydrogen-bond acceptors (Lipinski definition) is 3. The van der Waals surface area contributed by atoms with Gasteiger partial charge in [0.1, 0.15) is 5.04 Å². The number of nitrogens with zero attached hydrogens (tertiary/aromatic N) is 1. The van der Waals surface area contributed by atoms with Crippen LogP contribution in [-0.2, 0) is 0 Å². The molecule has 0 amide bonds. The number of alkyl halides is 2. The van der Waals surface area contributed by atoms with E-state index in [9.17, 15) is 17.9 Å². The molecule has 0 spiro atoms. The molecule has 0 unspecified atom stereocenters. The molecule has 2 N–H and O–H groups in total. The highest BCUT2D eigenvalue weighted by Crippen LogP contribution is 2.54. The average Bonchev–Trinajstić information content (AvgIpc) is 2.18. The van der Waals surface area contributed by atoms with Crippen LogP contribution in [0.1, 0.15) is 32.6 Å². The van der Waals surface area contributed by atoms with Crippen LogP contribution in [0, 0.1) is 0 Å². The first-order valence-electron chi connectivity index (χ1n) is 5.14. The normalized spacial score (nSPS) is 22.9. The van der Waals surface area contributed by atoms with E-state index < -0.39 is 22.9 Å². The van der Waals surface area contributed by atoms with Crippen molar-refractivity contribution in [2.75, 3.05) is 7.05 Å². The maximum atomic E-state index is 12.9. The second-order valence-electron chi connectivity index (χ2n) is 3.75. The zero-order valence-electron chi connectivity index (χ0n) is 9.41. The van der Waals surface area contributed by atoms with Crippen molar-refractivity contribution >= 4 is 15.6 Å². The van der Waals surface area contributed by atoms with Crippen molar-refractivity contribution in [1.29, 1.82) is 0 Å². The Balaban J connectivity index is 2.90. The van der Waals surface area contributed by atoms with Gasteiger partial charge in [-0.25, -0.2) is 8.78 Å². The summed E-state index contributed by atoms with van der Waals surface area (Å²) in [6, 6.07) is 0. The van der Waals surface area contributed by atoms with Crippen LogP contribution in [0.3, 0.4) is 0 Å². The topological polar surface area (TPSA) is 52.8 Å². The quantitative estimate of drug-likeness (QED) is 0.579. The van der Waals surface area contributed by atoms with Crippen LogP contribution in [-0.4, -0.2) is 27.1 Å². The molecule has 0 atom stereocenters. The number of hydrogen-bond donors (Lipinski definition) is 2. The lowest BCUT2D eigenvalue weighted by Gasteiger charge is -2.37. The van der Waals surface area contributed by atoms with E-state index in [1.807, 2.05) is 0 Å². The first-order valence-corrected chi connectivity index (χ1v) is 6.69. The van der Waals surface area contributed by atoms with Gasteiger partial charge in [-0.2, -0.15) is 0 Å². The third-order valence-electron chi connectivity index (χ3n) is 2.61. The van der Waals surface area contributed by atoms with Crippen molar-refractivity contribution in [3.63, 3.8) is 0 Å². The van der Waals surface area contributed by atoms with E-state index in [-0.39, 0.29) is 17.9 Å². The lowest BCUT2D eigenvalue weighted by atomic mass is 10.0. The van der Waals surface area contributed by atoms with E-state index in [2.05, 4.69) is 4.99 Å². The summed E-state index contributed by atoms with van der Waals surface area (Å²) in [5.41, 5.74) is 0. The first kappa shape index (κ1) is 13.6. The molecule has 3 nitrogen and oxygen atoms in total. The lowest BCUT2D eigenvalue weighted by molar-refractivity contribution is -0.00780. The van der Waals surface area contributed by atoms with Crippen molar-refractivity contribution < 1.29 is 17.9 Å². The maximum Gasteiger partial charge on any atom is 0.252 e. The van der Waals surface area contributed by atoms with Crippen LogP contribution in [0.2, 0.25) is 0 Å². The molecule has 0 aliphatic heterocycles. The van der Waals surface area contributed by atoms with Crippen molar-refractivity contribution in [2.24, 2.45) is 4.99 Å². The van der Waals surface area contributed by atoms with Crippen LogP contribution in [0.4, 0.5) is 8.78 Å². The molecule has 6 heteroatoms. The molecule has 1 aliphatic rings. The molecule has 1 rings (SSSR count). The van der Waals surface area contributed by atoms with Gasteiger partial charge in [-0.05, 0) is 6.42 Å². The Kier molecular flexibility index (Phi) is 4.09. The molecular formula is C10H17F2NO2S. The summed E-state index contributed by atoms with van der Waals surface area (Å²) < 4.78 is 45.7. The molecule has 0 aromatic rings. The molecule has 16 heavy (non-hydrogen) atoms. The molecule has 0 radical (unpaired) electrons. The van der Waals surface area contributed by atoms with E-state index >= 15 is 0 Å². The fourth-order valence-electron chi connectivity index (χ4n) is 1.67. The Morgan fingerprint density at radius 1 is 1.56 bits per heavy atom. The smallest absolute Gasteiger partial charge is 0.252 e. The largest absolute Gasteiger partial charge is 0.290 e. The van der Waals surface area contributed by atoms with E-state index in [1.165, 1.54) is 13.1 Å². The van der Waals surface area contributed by atoms with Gasteiger partial charge < -0.3 is 0 Å². The molecule has 0 aromatic carbocycles. The monoisotopic (exact) mass is 253 g/mol. The van der Waals surface area contributed by atoms with Crippen LogP contribution >= 0.6 is 10.6 Å². The molecule has 0 aromatic heterocycles. The third kappa shape index (κ3) is 2.81. The SMILES string of the molecule is CCC(=NC)S(O)(O)C1=CCC(F)(F)CC1. The van der Waals surface area contributed by atoms with Gasteiger partial charge in [-0.1, -0.05) is 13.0 Å². The molecule has 1 aliphatic carbocycles. The van der Waals surface area contributed by atoms with Crippen LogP contribution in [0.25, 0.3) is 0 Å². The highest BCUT2D eigenvalue weighted by molar-refractivity contribution is 8.39. The standard InChI is InChI=1S/C10H17F2NO2S/c1-3-9(13-2)16(14,15)8-4-6-10(11,12)7-5-8/h4,14-15H,3,5-7H2,1-2H3. The minimum atomic E-state index is -3.10. The highest BCUT2D eigenvalue weighted by Gasteiger charge is 2.35. The average molecular weight is 253 g/mol. The Morgan fingerprint density at radius 3 is 2.56 bits per heavy atom. The summed E-state index contributed by atoms with van der Waals surface area (Å²) in [6.45, 7) is 1.76. The van der Waals surface area contributed by atoms with E-state index in [0.717, 1.165) is 0 Å². The predicted octanol–water partition coefficient (Wildman–Crippen LogP) is 3.88. The van der Waals surface area contributed by atoms with Crippen molar-refractivity contribution in [1.82, 2.24) is 0 Å². The fraction of sp³-hybridized carbons (Fsp3) is 0.700. The molecule has 0 saturated heterocycles. The Hall–Kier alpha value is -0.460. The summed E-state index contributed by atoms with van der Waals surface area (Å²) in [5.74, 6) is -2.71. The van der Waals surface area contributed by atoms with Gasteiger partial charge in [0, 0.05) is 31.2 Å².